The van der Waals surface area contributed by atoms with Gasteiger partial charge in [0.2, 0.25) is 5.91 Å². The normalized spacial score (nSPS) is 18.5. The molecule has 1 aliphatic carbocycles. The van der Waals surface area contributed by atoms with Crippen LogP contribution in [0.4, 0.5) is 0 Å². The fourth-order valence-electron chi connectivity index (χ4n) is 3.37. The molecule has 0 spiro atoms. The Bertz CT molecular complexity index is 600. The molecule has 0 aromatic heterocycles. The van der Waals surface area contributed by atoms with E-state index >= 15 is 0 Å². The number of nitrogens with zero attached hydrogens (tertiary/aromatic N) is 2. The molecule has 1 saturated heterocycles. The summed E-state index contributed by atoms with van der Waals surface area (Å²) >= 11 is 0. The van der Waals surface area contributed by atoms with Crippen molar-refractivity contribution in [2.24, 2.45) is 4.99 Å². The van der Waals surface area contributed by atoms with Crippen LogP contribution in [0.3, 0.4) is 0 Å². The number of nitrogens with one attached hydrogen (secondary N) is 3. The second kappa shape index (κ2) is 11.5. The zero-order valence-electron chi connectivity index (χ0n) is 16.1. The number of hydrogen-bond acceptors (Lipinski definition) is 3. The van der Waals surface area contributed by atoms with Crippen LogP contribution in [-0.2, 0) is 4.79 Å². The van der Waals surface area contributed by atoms with Gasteiger partial charge in [0.15, 0.2) is 5.96 Å². The molecular formula is C20H32IN5O. The first-order valence-corrected chi connectivity index (χ1v) is 9.87. The van der Waals surface area contributed by atoms with Gasteiger partial charge in [0.05, 0.1) is 6.04 Å². The number of rotatable bonds is 8. The van der Waals surface area contributed by atoms with Crippen molar-refractivity contribution in [3.05, 3.63) is 35.9 Å². The lowest BCUT2D eigenvalue weighted by atomic mass is 10.1. The van der Waals surface area contributed by atoms with Crippen LogP contribution >= 0.6 is 24.0 Å². The summed E-state index contributed by atoms with van der Waals surface area (Å²) in [5, 5.41) is 9.66. The molecule has 1 amide bonds. The Hall–Kier alpha value is -1.35. The van der Waals surface area contributed by atoms with Gasteiger partial charge in [0, 0.05) is 19.1 Å². The highest BCUT2D eigenvalue weighted by Crippen LogP contribution is 2.24. The number of likely N-dealkylation sites (tertiary alicyclic amines) is 1. The standard InChI is InChI=1S/C20H31N5O.HI/c1-2-21-20(23-15-19(26)24-17-10-11-17)22-14-18(25-12-6-7-13-25)16-8-4-3-5-9-16;/h3-5,8-9,17-18H,2,6-7,10-15H2,1H3,(H,24,26)(H2,21,22,23);1H. The topological polar surface area (TPSA) is 68.8 Å². The van der Waals surface area contributed by atoms with E-state index in [9.17, 15) is 4.79 Å². The zero-order chi connectivity index (χ0) is 18.2. The Labute approximate surface area is 179 Å². The van der Waals surface area contributed by atoms with Gasteiger partial charge in [-0.2, -0.15) is 0 Å². The van der Waals surface area contributed by atoms with Crippen molar-refractivity contribution in [3.63, 3.8) is 0 Å². The summed E-state index contributed by atoms with van der Waals surface area (Å²) in [6.45, 7) is 6.04. The highest BCUT2D eigenvalue weighted by Gasteiger charge is 2.24. The average Bonchev–Trinajstić information content (AvgIpc) is 3.30. The molecule has 1 saturated carbocycles. The summed E-state index contributed by atoms with van der Waals surface area (Å²) in [5.74, 6) is 0.711. The quantitative estimate of drug-likeness (QED) is 0.300. The first-order chi connectivity index (χ1) is 12.8. The van der Waals surface area contributed by atoms with Crippen LogP contribution in [0, 0.1) is 0 Å². The third-order valence-electron chi connectivity index (χ3n) is 4.90. The van der Waals surface area contributed by atoms with Gasteiger partial charge in [-0.25, -0.2) is 4.99 Å². The Morgan fingerprint density at radius 2 is 1.89 bits per heavy atom. The predicted octanol–water partition coefficient (Wildman–Crippen LogP) is 2.28. The summed E-state index contributed by atoms with van der Waals surface area (Å²) in [4.78, 5) is 18.9. The molecular weight excluding hydrogens is 453 g/mol. The molecule has 1 unspecified atom stereocenters. The van der Waals surface area contributed by atoms with Gasteiger partial charge in [-0.05, 0) is 51.3 Å². The van der Waals surface area contributed by atoms with Crippen LogP contribution in [0.5, 0.6) is 0 Å². The molecule has 27 heavy (non-hydrogen) atoms. The number of hydrogen-bond donors (Lipinski definition) is 3. The first-order valence-electron chi connectivity index (χ1n) is 9.87. The number of carbonyl (C=O) groups is 1. The molecule has 2 aliphatic rings. The van der Waals surface area contributed by atoms with E-state index < -0.39 is 0 Å². The van der Waals surface area contributed by atoms with Crippen molar-refractivity contribution in [3.8, 4) is 0 Å². The fraction of sp³-hybridized carbons (Fsp3) is 0.600. The van der Waals surface area contributed by atoms with E-state index in [1.165, 1.54) is 18.4 Å². The van der Waals surface area contributed by atoms with Crippen LogP contribution < -0.4 is 16.0 Å². The number of guanidine groups is 1. The minimum absolute atomic E-state index is 0. The molecule has 3 rings (SSSR count). The maximum absolute atomic E-state index is 11.9. The highest BCUT2D eigenvalue weighted by atomic mass is 127. The molecule has 7 heteroatoms. The van der Waals surface area contributed by atoms with Crippen LogP contribution in [0.2, 0.25) is 0 Å². The maximum atomic E-state index is 11.9. The van der Waals surface area contributed by atoms with E-state index in [1.54, 1.807) is 0 Å². The Morgan fingerprint density at radius 3 is 2.52 bits per heavy atom. The lowest BCUT2D eigenvalue weighted by molar-refractivity contribution is -0.119. The minimum Gasteiger partial charge on any atom is -0.357 e. The zero-order valence-corrected chi connectivity index (χ0v) is 18.4. The molecule has 3 N–H and O–H groups in total. The summed E-state index contributed by atoms with van der Waals surface area (Å²) < 4.78 is 0. The van der Waals surface area contributed by atoms with E-state index in [-0.39, 0.29) is 36.4 Å². The van der Waals surface area contributed by atoms with Crippen LogP contribution in [-0.4, -0.2) is 55.5 Å². The summed E-state index contributed by atoms with van der Waals surface area (Å²) in [6, 6.07) is 11.3. The van der Waals surface area contributed by atoms with Crippen molar-refractivity contribution in [1.29, 1.82) is 0 Å². The van der Waals surface area contributed by atoms with E-state index in [4.69, 9.17) is 0 Å². The third-order valence-corrected chi connectivity index (χ3v) is 4.90. The summed E-state index contributed by atoms with van der Waals surface area (Å²) in [7, 11) is 0. The van der Waals surface area contributed by atoms with Crippen molar-refractivity contribution >= 4 is 35.8 Å². The Balaban J connectivity index is 0.00000261. The molecule has 150 valence electrons. The lowest BCUT2D eigenvalue weighted by Gasteiger charge is -2.29. The average molecular weight is 485 g/mol. The summed E-state index contributed by atoms with van der Waals surface area (Å²) in [5.41, 5.74) is 1.32. The molecule has 2 fully saturated rings. The SMILES string of the molecule is CCNC(=NCC(=O)NC1CC1)NCC(c1ccccc1)N1CCCC1.I. The number of aliphatic imine (C=N–C) groups is 1. The van der Waals surface area contributed by atoms with E-state index in [0.29, 0.717) is 18.0 Å². The van der Waals surface area contributed by atoms with Gasteiger partial charge in [0.1, 0.15) is 6.54 Å². The van der Waals surface area contributed by atoms with Crippen LogP contribution in [0.25, 0.3) is 0 Å². The van der Waals surface area contributed by atoms with Crippen LogP contribution in [0.15, 0.2) is 35.3 Å². The van der Waals surface area contributed by atoms with Crippen molar-refractivity contribution in [2.45, 2.75) is 44.7 Å². The van der Waals surface area contributed by atoms with Gasteiger partial charge in [0.25, 0.3) is 0 Å². The molecule has 1 aromatic carbocycles. The maximum Gasteiger partial charge on any atom is 0.242 e. The van der Waals surface area contributed by atoms with E-state index in [2.05, 4.69) is 56.2 Å². The molecule has 6 nitrogen and oxygen atoms in total. The largest absolute Gasteiger partial charge is 0.357 e. The molecule has 1 atom stereocenters. The number of halogens is 1. The fourth-order valence-corrected chi connectivity index (χ4v) is 3.37. The van der Waals surface area contributed by atoms with Crippen molar-refractivity contribution < 1.29 is 4.79 Å². The number of benzene rings is 1. The Morgan fingerprint density at radius 1 is 1.19 bits per heavy atom. The van der Waals surface area contributed by atoms with E-state index in [1.807, 2.05) is 6.92 Å². The third kappa shape index (κ3) is 7.29. The van der Waals surface area contributed by atoms with Crippen LogP contribution in [0.1, 0.15) is 44.2 Å². The Kier molecular flexibility index (Phi) is 9.33. The molecule has 1 aliphatic heterocycles. The predicted molar refractivity (Wildman–Crippen MR) is 121 cm³/mol. The van der Waals surface area contributed by atoms with Gasteiger partial charge < -0.3 is 16.0 Å². The van der Waals surface area contributed by atoms with Gasteiger partial charge in [-0.1, -0.05) is 30.3 Å². The first kappa shape index (κ1) is 21.9. The molecule has 1 heterocycles. The minimum atomic E-state index is 0. The van der Waals surface area contributed by atoms with Crippen molar-refractivity contribution in [1.82, 2.24) is 20.9 Å². The van der Waals surface area contributed by atoms with Gasteiger partial charge >= 0.3 is 0 Å². The molecule has 0 radical (unpaired) electrons. The highest BCUT2D eigenvalue weighted by molar-refractivity contribution is 14.0. The molecule has 0 bridgehead atoms. The molecule has 1 aromatic rings. The van der Waals surface area contributed by atoms with Gasteiger partial charge in [-0.3, -0.25) is 9.69 Å². The second-order valence-corrected chi connectivity index (χ2v) is 7.09. The van der Waals surface area contributed by atoms with Crippen molar-refractivity contribution in [2.75, 3.05) is 32.7 Å². The second-order valence-electron chi connectivity index (χ2n) is 7.09. The van der Waals surface area contributed by atoms with E-state index in [0.717, 1.165) is 39.0 Å². The lowest BCUT2D eigenvalue weighted by Crippen LogP contribution is -2.43. The monoisotopic (exact) mass is 485 g/mol. The summed E-state index contributed by atoms with van der Waals surface area (Å²) in [6.07, 6.45) is 4.72. The van der Waals surface area contributed by atoms with Gasteiger partial charge in [-0.15, -0.1) is 24.0 Å². The smallest absolute Gasteiger partial charge is 0.242 e. The number of amides is 1. The number of carbonyl (C=O) groups excluding carboxylic acids is 1.